The van der Waals surface area contributed by atoms with Gasteiger partial charge in [0, 0.05) is 13.1 Å². The first-order chi connectivity index (χ1) is 7.37. The van der Waals surface area contributed by atoms with Crippen LogP contribution in [0.2, 0.25) is 19.6 Å². The van der Waals surface area contributed by atoms with Crippen molar-refractivity contribution in [2.45, 2.75) is 26.1 Å². The fourth-order valence-electron chi connectivity index (χ4n) is 1.46. The van der Waals surface area contributed by atoms with Crippen LogP contribution in [0, 0.1) is 11.5 Å². The maximum Gasteiger partial charge on any atom is 0.231 e. The summed E-state index contributed by atoms with van der Waals surface area (Å²) in [6.45, 7) is 8.74. The Labute approximate surface area is 98.7 Å². The monoisotopic (exact) mass is 236 g/mol. The first kappa shape index (κ1) is 13.0. The number of rotatable bonds is 2. The Balaban J connectivity index is 2.52. The van der Waals surface area contributed by atoms with Crippen molar-refractivity contribution in [3.05, 3.63) is 11.6 Å². The van der Waals surface area contributed by atoms with Gasteiger partial charge in [-0.05, 0) is 12.0 Å². The molecular weight excluding hydrogens is 216 g/mol. The minimum absolute atomic E-state index is 0.259. The Morgan fingerprint density at radius 2 is 2.25 bits per heavy atom. The Bertz CT molecular complexity index is 357. The van der Waals surface area contributed by atoms with Crippen LogP contribution in [0.3, 0.4) is 0 Å². The second kappa shape index (κ2) is 5.33. The molecule has 0 atom stereocenters. The van der Waals surface area contributed by atoms with Gasteiger partial charge in [-0.25, -0.2) is 0 Å². The molecule has 2 N–H and O–H groups in total. The smallest absolute Gasteiger partial charge is 0.231 e. The van der Waals surface area contributed by atoms with E-state index in [1.54, 1.807) is 0 Å². The van der Waals surface area contributed by atoms with Crippen molar-refractivity contribution >= 4 is 14.0 Å². The van der Waals surface area contributed by atoms with Gasteiger partial charge in [-0.3, -0.25) is 9.69 Å². The molecule has 1 heterocycles. The number of nitrogens with zero attached hydrogens (tertiary/aromatic N) is 1. The Kier molecular flexibility index (Phi) is 4.33. The molecule has 16 heavy (non-hydrogen) atoms. The molecule has 88 valence electrons. The van der Waals surface area contributed by atoms with Crippen LogP contribution in [0.1, 0.15) is 6.42 Å². The molecule has 0 fully saturated rings. The lowest BCUT2D eigenvalue weighted by Crippen LogP contribution is -2.36. The van der Waals surface area contributed by atoms with Gasteiger partial charge in [0.1, 0.15) is 8.07 Å². The van der Waals surface area contributed by atoms with Crippen molar-refractivity contribution in [3.8, 4) is 11.5 Å². The van der Waals surface area contributed by atoms with E-state index in [0.717, 1.165) is 19.5 Å². The van der Waals surface area contributed by atoms with Crippen LogP contribution in [0.25, 0.3) is 0 Å². The molecule has 0 unspecified atom stereocenters. The molecule has 0 aliphatic carbocycles. The van der Waals surface area contributed by atoms with Crippen LogP contribution in [0.5, 0.6) is 0 Å². The fourth-order valence-corrected chi connectivity index (χ4v) is 1.99. The first-order valence-corrected chi connectivity index (χ1v) is 9.10. The highest BCUT2D eigenvalue weighted by molar-refractivity contribution is 6.83. The standard InChI is InChI=1S/C12H20N2OSi/c1-16(2,3)9-6-11-4-7-14(8-5-11)10-12(13)15/h4H,5,7-8,10H2,1-3H3,(H2,13,15). The Hall–Kier alpha value is -1.05. The summed E-state index contributed by atoms with van der Waals surface area (Å²) in [7, 11) is -1.27. The second-order valence-electron chi connectivity index (χ2n) is 5.18. The van der Waals surface area contributed by atoms with Crippen LogP contribution in [0.15, 0.2) is 11.6 Å². The van der Waals surface area contributed by atoms with Crippen molar-refractivity contribution in [2.75, 3.05) is 19.6 Å². The molecule has 1 rings (SSSR count). The summed E-state index contributed by atoms with van der Waals surface area (Å²) in [6.07, 6.45) is 3.05. The average Bonchev–Trinajstić information content (AvgIpc) is 2.14. The van der Waals surface area contributed by atoms with E-state index in [1.807, 2.05) is 4.90 Å². The molecule has 1 amide bonds. The largest absolute Gasteiger partial charge is 0.369 e. The van der Waals surface area contributed by atoms with Gasteiger partial charge in [0.2, 0.25) is 5.91 Å². The normalized spacial score (nSPS) is 17.3. The molecule has 0 aromatic carbocycles. The van der Waals surface area contributed by atoms with E-state index in [2.05, 4.69) is 37.2 Å². The van der Waals surface area contributed by atoms with E-state index >= 15 is 0 Å². The van der Waals surface area contributed by atoms with E-state index in [1.165, 1.54) is 5.57 Å². The fraction of sp³-hybridized carbons (Fsp3) is 0.583. The van der Waals surface area contributed by atoms with Crippen LogP contribution >= 0.6 is 0 Å². The van der Waals surface area contributed by atoms with E-state index in [4.69, 9.17) is 5.73 Å². The van der Waals surface area contributed by atoms with Crippen molar-refractivity contribution in [2.24, 2.45) is 5.73 Å². The highest BCUT2D eigenvalue weighted by Gasteiger charge is 2.13. The van der Waals surface area contributed by atoms with Crippen molar-refractivity contribution in [1.82, 2.24) is 4.90 Å². The van der Waals surface area contributed by atoms with Crippen molar-refractivity contribution < 1.29 is 4.79 Å². The third kappa shape index (κ3) is 5.15. The predicted molar refractivity (Wildman–Crippen MR) is 69.5 cm³/mol. The third-order valence-corrected chi connectivity index (χ3v) is 3.15. The third-order valence-electron chi connectivity index (χ3n) is 2.27. The molecule has 4 heteroatoms. The van der Waals surface area contributed by atoms with Gasteiger partial charge in [0.15, 0.2) is 0 Å². The molecule has 0 saturated heterocycles. The van der Waals surface area contributed by atoms with Crippen LogP contribution < -0.4 is 5.73 Å². The SMILES string of the molecule is C[Si](C)(C)C#CC1=CCN(CC(N)=O)CC1. The van der Waals surface area contributed by atoms with E-state index in [0.29, 0.717) is 6.54 Å². The number of nitrogens with two attached hydrogens (primary N) is 1. The summed E-state index contributed by atoms with van der Waals surface area (Å²) in [5.74, 6) is 3.01. The number of hydrogen-bond donors (Lipinski definition) is 1. The maximum atomic E-state index is 10.7. The summed E-state index contributed by atoms with van der Waals surface area (Å²) in [5.41, 5.74) is 9.72. The number of amides is 1. The molecule has 3 nitrogen and oxygen atoms in total. The predicted octanol–water partition coefficient (Wildman–Crippen LogP) is 0.985. The molecule has 1 aliphatic rings. The average molecular weight is 236 g/mol. The second-order valence-corrected chi connectivity index (χ2v) is 9.93. The van der Waals surface area contributed by atoms with Gasteiger partial charge >= 0.3 is 0 Å². The van der Waals surface area contributed by atoms with Crippen LogP contribution in [-0.4, -0.2) is 38.5 Å². The van der Waals surface area contributed by atoms with Gasteiger partial charge in [0.25, 0.3) is 0 Å². The molecular formula is C12H20N2OSi. The number of primary amides is 1. The van der Waals surface area contributed by atoms with Gasteiger partial charge in [-0.15, -0.1) is 5.54 Å². The zero-order chi connectivity index (χ0) is 12.2. The summed E-state index contributed by atoms with van der Waals surface area (Å²) in [4.78, 5) is 12.8. The van der Waals surface area contributed by atoms with Gasteiger partial charge in [-0.1, -0.05) is 31.6 Å². The van der Waals surface area contributed by atoms with Crippen molar-refractivity contribution in [1.29, 1.82) is 0 Å². The molecule has 0 saturated carbocycles. The lowest BCUT2D eigenvalue weighted by molar-refractivity contribution is -0.119. The van der Waals surface area contributed by atoms with Gasteiger partial charge in [-0.2, -0.15) is 0 Å². The molecule has 1 aliphatic heterocycles. The highest BCUT2D eigenvalue weighted by Crippen LogP contribution is 2.09. The molecule has 0 aromatic heterocycles. The quantitative estimate of drug-likeness (QED) is 0.574. The van der Waals surface area contributed by atoms with E-state index < -0.39 is 8.07 Å². The molecule has 0 radical (unpaired) electrons. The zero-order valence-electron chi connectivity index (χ0n) is 10.3. The van der Waals surface area contributed by atoms with Gasteiger partial charge < -0.3 is 5.73 Å². The summed E-state index contributed by atoms with van der Waals surface area (Å²) in [5, 5.41) is 0. The summed E-state index contributed by atoms with van der Waals surface area (Å²) < 4.78 is 0. The van der Waals surface area contributed by atoms with Crippen LogP contribution in [-0.2, 0) is 4.79 Å². The zero-order valence-corrected chi connectivity index (χ0v) is 11.3. The van der Waals surface area contributed by atoms with E-state index in [-0.39, 0.29) is 5.91 Å². The lowest BCUT2D eigenvalue weighted by atomic mass is 10.1. The highest BCUT2D eigenvalue weighted by atomic mass is 28.3. The maximum absolute atomic E-state index is 10.7. The summed E-state index contributed by atoms with van der Waals surface area (Å²) in [6, 6.07) is 0. The Morgan fingerprint density at radius 3 is 2.69 bits per heavy atom. The van der Waals surface area contributed by atoms with Crippen molar-refractivity contribution in [3.63, 3.8) is 0 Å². The molecule has 0 spiro atoms. The minimum Gasteiger partial charge on any atom is -0.369 e. The lowest BCUT2D eigenvalue weighted by Gasteiger charge is -2.23. The van der Waals surface area contributed by atoms with E-state index in [9.17, 15) is 4.79 Å². The topological polar surface area (TPSA) is 46.3 Å². The summed E-state index contributed by atoms with van der Waals surface area (Å²) >= 11 is 0. The van der Waals surface area contributed by atoms with Gasteiger partial charge in [0.05, 0.1) is 6.54 Å². The van der Waals surface area contributed by atoms with Crippen LogP contribution in [0.4, 0.5) is 0 Å². The number of hydrogen-bond acceptors (Lipinski definition) is 2. The number of carbonyl (C=O) groups excluding carboxylic acids is 1. The first-order valence-electron chi connectivity index (χ1n) is 5.60. The molecule has 0 aromatic rings. The number of carbonyl (C=O) groups is 1. The minimum atomic E-state index is -1.27. The Morgan fingerprint density at radius 1 is 1.56 bits per heavy atom. The molecule has 0 bridgehead atoms.